The molecule has 0 radical (unpaired) electrons. The van der Waals surface area contributed by atoms with E-state index in [-0.39, 0.29) is 0 Å². The van der Waals surface area contributed by atoms with Crippen molar-refractivity contribution in [2.45, 2.75) is 6.54 Å². The molecule has 0 aliphatic rings. The molecular formula is C8H7IN4. The Morgan fingerprint density at radius 1 is 1.38 bits per heavy atom. The third-order valence-electron chi connectivity index (χ3n) is 1.60. The molecule has 5 heteroatoms. The average Bonchev–Trinajstić information content (AvgIpc) is 2.62. The molecule has 2 heterocycles. The Morgan fingerprint density at radius 2 is 2.31 bits per heavy atom. The highest BCUT2D eigenvalue weighted by atomic mass is 127. The first-order chi connectivity index (χ1) is 6.34. The summed E-state index contributed by atoms with van der Waals surface area (Å²) in [6, 6.07) is 4.02. The van der Waals surface area contributed by atoms with E-state index >= 15 is 0 Å². The van der Waals surface area contributed by atoms with Gasteiger partial charge in [-0.3, -0.25) is 0 Å². The van der Waals surface area contributed by atoms with Crippen LogP contribution in [0.15, 0.2) is 31.0 Å². The molecular weight excluding hydrogens is 279 g/mol. The van der Waals surface area contributed by atoms with Crippen molar-refractivity contribution in [2.24, 2.45) is 0 Å². The summed E-state index contributed by atoms with van der Waals surface area (Å²) in [5.41, 5.74) is 1.13. The van der Waals surface area contributed by atoms with Crippen LogP contribution in [0, 0.1) is 3.70 Å². The molecule has 0 aromatic carbocycles. The lowest BCUT2D eigenvalue weighted by molar-refractivity contribution is 0.682. The van der Waals surface area contributed by atoms with Gasteiger partial charge in [-0.25, -0.2) is 14.6 Å². The predicted octanol–water partition coefficient (Wildman–Crippen LogP) is 1.33. The molecule has 0 fully saturated rings. The zero-order chi connectivity index (χ0) is 9.10. The first kappa shape index (κ1) is 8.61. The molecule has 0 spiro atoms. The van der Waals surface area contributed by atoms with E-state index in [2.05, 4.69) is 37.7 Å². The molecule has 13 heavy (non-hydrogen) atoms. The van der Waals surface area contributed by atoms with E-state index < -0.39 is 0 Å². The van der Waals surface area contributed by atoms with Gasteiger partial charge in [0.05, 0.1) is 6.54 Å². The highest BCUT2D eigenvalue weighted by Gasteiger charge is 1.95. The topological polar surface area (TPSA) is 43.6 Å². The van der Waals surface area contributed by atoms with Gasteiger partial charge in [-0.15, -0.1) is 0 Å². The van der Waals surface area contributed by atoms with Gasteiger partial charge in [0.2, 0.25) is 0 Å². The van der Waals surface area contributed by atoms with E-state index in [1.54, 1.807) is 11.0 Å². The molecule has 0 unspecified atom stereocenters. The third kappa shape index (κ3) is 2.24. The Bertz CT molecular complexity index is 368. The molecule has 0 bridgehead atoms. The lowest BCUT2D eigenvalue weighted by Gasteiger charge is -1.99. The van der Waals surface area contributed by atoms with E-state index in [0.717, 1.165) is 15.8 Å². The fraction of sp³-hybridized carbons (Fsp3) is 0.125. The number of halogens is 1. The zero-order valence-electron chi connectivity index (χ0n) is 6.76. The Kier molecular flexibility index (Phi) is 2.53. The summed E-state index contributed by atoms with van der Waals surface area (Å²) in [7, 11) is 0. The molecule has 0 aliphatic carbocycles. The van der Waals surface area contributed by atoms with Gasteiger partial charge in [-0.2, -0.15) is 5.10 Å². The molecule has 0 amide bonds. The average molecular weight is 286 g/mol. The van der Waals surface area contributed by atoms with Crippen LogP contribution < -0.4 is 0 Å². The second-order valence-corrected chi connectivity index (χ2v) is 3.69. The highest BCUT2D eigenvalue weighted by molar-refractivity contribution is 14.1. The Hall–Kier alpha value is -0.980. The summed E-state index contributed by atoms with van der Waals surface area (Å²) in [6.45, 7) is 0.726. The van der Waals surface area contributed by atoms with Crippen LogP contribution >= 0.6 is 22.6 Å². The van der Waals surface area contributed by atoms with Gasteiger partial charge < -0.3 is 0 Å². The molecule has 2 rings (SSSR count). The Labute approximate surface area is 89.2 Å². The number of pyridine rings is 1. The maximum absolute atomic E-state index is 4.18. The molecule has 66 valence electrons. The monoisotopic (exact) mass is 286 g/mol. The minimum Gasteiger partial charge on any atom is -0.250 e. The van der Waals surface area contributed by atoms with E-state index in [4.69, 9.17) is 0 Å². The molecule has 0 atom stereocenters. The van der Waals surface area contributed by atoms with Crippen LogP contribution in [0.3, 0.4) is 0 Å². The minimum atomic E-state index is 0.726. The maximum atomic E-state index is 4.18. The molecule has 4 nitrogen and oxygen atoms in total. The van der Waals surface area contributed by atoms with E-state index in [9.17, 15) is 0 Å². The molecule has 0 N–H and O–H groups in total. The number of hydrogen-bond acceptors (Lipinski definition) is 3. The second-order valence-electron chi connectivity index (χ2n) is 2.58. The number of nitrogens with zero attached hydrogens (tertiary/aromatic N) is 4. The summed E-state index contributed by atoms with van der Waals surface area (Å²) in [5.74, 6) is 0. The Morgan fingerprint density at radius 3 is 2.92 bits per heavy atom. The first-order valence-electron chi connectivity index (χ1n) is 3.77. The van der Waals surface area contributed by atoms with Crippen molar-refractivity contribution in [2.75, 3.05) is 0 Å². The van der Waals surface area contributed by atoms with Crippen molar-refractivity contribution < 1.29 is 0 Å². The van der Waals surface area contributed by atoms with Crippen LogP contribution in [0.5, 0.6) is 0 Å². The maximum Gasteiger partial charge on any atom is 0.137 e. The largest absolute Gasteiger partial charge is 0.250 e. The van der Waals surface area contributed by atoms with Gasteiger partial charge in [0.25, 0.3) is 0 Å². The first-order valence-corrected chi connectivity index (χ1v) is 4.85. The number of rotatable bonds is 2. The molecule has 0 saturated heterocycles. The SMILES string of the molecule is Ic1ccc(Cn2cncn2)cn1. The van der Waals surface area contributed by atoms with Crippen LogP contribution in [0.4, 0.5) is 0 Å². The quantitative estimate of drug-likeness (QED) is 0.618. The number of aromatic nitrogens is 4. The smallest absolute Gasteiger partial charge is 0.137 e. The summed E-state index contributed by atoms with van der Waals surface area (Å²) in [6.07, 6.45) is 5.07. The summed E-state index contributed by atoms with van der Waals surface area (Å²) >= 11 is 2.18. The number of hydrogen-bond donors (Lipinski definition) is 0. The van der Waals surface area contributed by atoms with Crippen molar-refractivity contribution in [3.8, 4) is 0 Å². The van der Waals surface area contributed by atoms with Gasteiger partial charge in [0.1, 0.15) is 16.4 Å². The van der Waals surface area contributed by atoms with Crippen LogP contribution in [-0.2, 0) is 6.54 Å². The zero-order valence-corrected chi connectivity index (χ0v) is 8.92. The van der Waals surface area contributed by atoms with Crippen LogP contribution in [0.25, 0.3) is 0 Å². The molecule has 2 aromatic heterocycles. The second kappa shape index (κ2) is 3.82. The van der Waals surface area contributed by atoms with E-state index in [0.29, 0.717) is 0 Å². The van der Waals surface area contributed by atoms with Crippen LogP contribution in [-0.4, -0.2) is 19.7 Å². The van der Waals surface area contributed by atoms with E-state index in [1.807, 2.05) is 18.3 Å². The molecule has 0 aliphatic heterocycles. The van der Waals surface area contributed by atoms with Crippen molar-refractivity contribution >= 4 is 22.6 Å². The van der Waals surface area contributed by atoms with Crippen molar-refractivity contribution in [3.05, 3.63) is 40.2 Å². The van der Waals surface area contributed by atoms with Gasteiger partial charge >= 0.3 is 0 Å². The standard InChI is InChI=1S/C8H7IN4/c9-8-2-1-7(3-11-8)4-13-6-10-5-12-13/h1-3,5-6H,4H2. The van der Waals surface area contributed by atoms with Crippen LogP contribution in [0.2, 0.25) is 0 Å². The van der Waals surface area contributed by atoms with Crippen LogP contribution in [0.1, 0.15) is 5.56 Å². The minimum absolute atomic E-state index is 0.726. The fourth-order valence-electron chi connectivity index (χ4n) is 1.00. The normalized spacial score (nSPS) is 10.2. The van der Waals surface area contributed by atoms with E-state index in [1.165, 1.54) is 6.33 Å². The fourth-order valence-corrected chi connectivity index (χ4v) is 1.32. The molecule has 0 saturated carbocycles. The summed E-state index contributed by atoms with van der Waals surface area (Å²) in [5, 5.41) is 4.01. The van der Waals surface area contributed by atoms with Gasteiger partial charge in [-0.1, -0.05) is 6.07 Å². The predicted molar refractivity (Wildman–Crippen MR) is 56.1 cm³/mol. The van der Waals surface area contributed by atoms with Crippen molar-refractivity contribution in [3.63, 3.8) is 0 Å². The lowest BCUT2D eigenvalue weighted by atomic mass is 10.3. The summed E-state index contributed by atoms with van der Waals surface area (Å²) in [4.78, 5) is 8.05. The van der Waals surface area contributed by atoms with Gasteiger partial charge in [-0.05, 0) is 34.2 Å². The van der Waals surface area contributed by atoms with Gasteiger partial charge in [0.15, 0.2) is 0 Å². The van der Waals surface area contributed by atoms with Gasteiger partial charge in [0, 0.05) is 6.20 Å². The van der Waals surface area contributed by atoms with Crippen molar-refractivity contribution in [1.29, 1.82) is 0 Å². The highest BCUT2D eigenvalue weighted by Crippen LogP contribution is 2.03. The third-order valence-corrected chi connectivity index (χ3v) is 2.24. The summed E-state index contributed by atoms with van der Waals surface area (Å²) < 4.78 is 2.77. The van der Waals surface area contributed by atoms with Crippen molar-refractivity contribution in [1.82, 2.24) is 19.7 Å². The lowest BCUT2D eigenvalue weighted by Crippen LogP contribution is -2.00. The Balaban J connectivity index is 2.15. The molecule has 2 aromatic rings.